The predicted octanol–water partition coefficient (Wildman–Crippen LogP) is 6.01. The summed E-state index contributed by atoms with van der Waals surface area (Å²) >= 11 is 0. The molecule has 13 nitrogen and oxygen atoms in total. The molecule has 52 heavy (non-hydrogen) atoms. The highest BCUT2D eigenvalue weighted by molar-refractivity contribution is 6.11. The molecule has 3 unspecified atom stereocenters. The molecule has 2 aromatic heterocycles. The first-order valence-corrected chi connectivity index (χ1v) is 18.7. The summed E-state index contributed by atoms with van der Waals surface area (Å²) in [5, 5.41) is 6.01. The van der Waals surface area contributed by atoms with Gasteiger partial charge in [0, 0.05) is 35.4 Å². The van der Waals surface area contributed by atoms with Gasteiger partial charge in [-0.1, -0.05) is 39.8 Å². The zero-order valence-corrected chi connectivity index (χ0v) is 31.5. The number of dihydropyridines is 1. The Bertz CT molecular complexity index is 1770. The van der Waals surface area contributed by atoms with Gasteiger partial charge >= 0.3 is 12.2 Å². The van der Waals surface area contributed by atoms with Crippen molar-refractivity contribution in [3.8, 4) is 0 Å². The van der Waals surface area contributed by atoms with E-state index < -0.39 is 12.2 Å². The molecule has 13 heteroatoms. The van der Waals surface area contributed by atoms with Crippen LogP contribution in [0.4, 0.5) is 9.59 Å². The molecule has 0 saturated carbocycles. The fraction of sp³-hybridized carbons (Fsp3) is 0.564. The second-order valence-corrected chi connectivity index (χ2v) is 14.7. The Labute approximate surface area is 306 Å². The van der Waals surface area contributed by atoms with Crippen LogP contribution in [0.1, 0.15) is 113 Å². The second-order valence-electron chi connectivity index (χ2n) is 14.7. The number of aliphatic imine (C=N–C) groups is 1. The number of fused-ring (bicyclic) bond motifs is 4. The molecule has 0 radical (unpaired) electrons. The average molecular weight is 716 g/mol. The Morgan fingerprint density at radius 1 is 0.865 bits per heavy atom. The fourth-order valence-corrected chi connectivity index (χ4v) is 7.25. The van der Waals surface area contributed by atoms with Crippen molar-refractivity contribution in [3.05, 3.63) is 64.5 Å². The third-order valence-corrected chi connectivity index (χ3v) is 10.5. The summed E-state index contributed by atoms with van der Waals surface area (Å²) in [6.07, 6.45) is 10.4. The largest absolute Gasteiger partial charge is 0.453 e. The van der Waals surface area contributed by atoms with Crippen molar-refractivity contribution >= 4 is 35.0 Å². The first kappa shape index (κ1) is 38.7. The topological polar surface area (TPSA) is 198 Å². The van der Waals surface area contributed by atoms with Crippen molar-refractivity contribution in [1.29, 1.82) is 0 Å². The van der Waals surface area contributed by atoms with Crippen molar-refractivity contribution in [2.24, 2.45) is 28.3 Å². The number of alkyl carbamates (subject to hydrolysis) is 2. The number of allylic oxidation sites excluding steroid dienone is 2. The third-order valence-electron chi connectivity index (χ3n) is 10.5. The number of nitrogens with one attached hydrogen (secondary N) is 4. The summed E-state index contributed by atoms with van der Waals surface area (Å²) in [6, 6.07) is 6.11. The van der Waals surface area contributed by atoms with Crippen LogP contribution in [0.15, 0.2) is 40.9 Å². The number of amides is 2. The Balaban J connectivity index is 1.35. The van der Waals surface area contributed by atoms with Crippen molar-refractivity contribution in [2.45, 2.75) is 96.1 Å². The average Bonchev–Trinajstić information content (AvgIpc) is 3.78. The van der Waals surface area contributed by atoms with Gasteiger partial charge in [-0.05, 0) is 93.3 Å². The molecule has 2 amide bonds. The van der Waals surface area contributed by atoms with Crippen LogP contribution < -0.4 is 22.1 Å². The number of methoxy groups -OCH3 is 2. The summed E-state index contributed by atoms with van der Waals surface area (Å²) in [5.74, 6) is 2.53. The number of hydrogen-bond acceptors (Lipinski definition) is 9. The number of aromatic nitrogens is 4. The first-order valence-electron chi connectivity index (χ1n) is 18.7. The van der Waals surface area contributed by atoms with E-state index >= 15 is 0 Å². The Hall–Kier alpha value is -4.49. The molecule has 0 fully saturated rings. The summed E-state index contributed by atoms with van der Waals surface area (Å²) < 4.78 is 9.79. The van der Waals surface area contributed by atoms with Crippen LogP contribution >= 0.6 is 0 Å². The second kappa shape index (κ2) is 17.8. The lowest BCUT2D eigenvalue weighted by atomic mass is 9.86. The lowest BCUT2D eigenvalue weighted by molar-refractivity contribution is 0.160. The molecule has 2 aliphatic rings. The van der Waals surface area contributed by atoms with E-state index in [4.69, 9.17) is 35.9 Å². The number of imidazole rings is 2. The third kappa shape index (κ3) is 9.29. The standard InChI is InChI=1S/C39H57N9O4/c1-22(2)31(46-38(49)51-5)19-26(9-7-15-40)36-43-29-13-12-25(18-34(29)45-36)33-17-24-11-14-30-35(28(24)21-42-33)48-37(44-30)27(10-8-16-41)20-32(23(3)4)47-39(50)52-6/h11-14,17-18,22-23,26-28,31-32H,7-10,15-16,19-21,40-41H2,1-6H3,(H,43,45)(H,44,48)(H,46,49)(H,47,50)/t26?,27?,28?,31-,32-/m1/s1. The summed E-state index contributed by atoms with van der Waals surface area (Å²) in [7, 11) is 2.77. The SMILES string of the molecule is COC(=O)N[C@H](CC(CCCN)c1nc2c([nH]1)C1CN=C(c3ccc4nc(C(CCCN)C[C@@H](NC(=O)OC)C(C)C)[nH]c4c3)C=C1C=C2)C(C)C. The number of nitrogens with two attached hydrogens (primary N) is 2. The van der Waals surface area contributed by atoms with Crippen LogP contribution in [0.3, 0.4) is 0 Å². The van der Waals surface area contributed by atoms with E-state index in [0.717, 1.165) is 83.9 Å². The van der Waals surface area contributed by atoms with Gasteiger partial charge in [-0.3, -0.25) is 4.99 Å². The van der Waals surface area contributed by atoms with Gasteiger partial charge in [0.05, 0.1) is 48.9 Å². The van der Waals surface area contributed by atoms with Crippen LogP contribution in [0.5, 0.6) is 0 Å². The first-order chi connectivity index (χ1) is 25.0. The van der Waals surface area contributed by atoms with Crippen LogP contribution in [0, 0.1) is 11.8 Å². The number of ether oxygens (including phenoxy) is 2. The van der Waals surface area contributed by atoms with E-state index in [9.17, 15) is 9.59 Å². The van der Waals surface area contributed by atoms with Crippen LogP contribution in [-0.4, -0.2) is 83.8 Å². The van der Waals surface area contributed by atoms with Crippen molar-refractivity contribution < 1.29 is 19.1 Å². The van der Waals surface area contributed by atoms with Gasteiger partial charge in [0.1, 0.15) is 11.6 Å². The van der Waals surface area contributed by atoms with Gasteiger partial charge in [0.25, 0.3) is 0 Å². The Morgan fingerprint density at radius 2 is 1.46 bits per heavy atom. The number of carbonyl (C=O) groups is 2. The minimum Gasteiger partial charge on any atom is -0.453 e. The number of hydrogen-bond donors (Lipinski definition) is 6. The Kier molecular flexibility index (Phi) is 13.3. The molecular formula is C39H57N9O4. The number of carbonyl (C=O) groups excluding carboxylic acids is 2. The molecule has 8 N–H and O–H groups in total. The maximum Gasteiger partial charge on any atom is 0.407 e. The minimum absolute atomic E-state index is 0.0640. The number of nitrogens with zero attached hydrogens (tertiary/aromatic N) is 3. The van der Waals surface area contributed by atoms with E-state index in [-0.39, 0.29) is 41.7 Å². The van der Waals surface area contributed by atoms with E-state index in [1.807, 2.05) is 6.07 Å². The van der Waals surface area contributed by atoms with Crippen LogP contribution in [0.2, 0.25) is 0 Å². The van der Waals surface area contributed by atoms with Gasteiger partial charge in [-0.15, -0.1) is 0 Å². The van der Waals surface area contributed by atoms with E-state index in [1.54, 1.807) is 0 Å². The summed E-state index contributed by atoms with van der Waals surface area (Å²) in [6.45, 7) is 10.2. The maximum absolute atomic E-state index is 12.1. The zero-order chi connectivity index (χ0) is 37.4. The molecule has 1 aromatic carbocycles. The normalized spacial score (nSPS) is 17.5. The van der Waals surface area contributed by atoms with E-state index in [0.29, 0.717) is 19.6 Å². The lowest BCUT2D eigenvalue weighted by Crippen LogP contribution is -2.39. The van der Waals surface area contributed by atoms with Gasteiger partial charge in [0.15, 0.2) is 0 Å². The molecule has 3 aromatic rings. The number of H-pyrrole nitrogens is 2. The quantitative estimate of drug-likeness (QED) is 0.0976. The molecule has 0 spiro atoms. The van der Waals surface area contributed by atoms with Gasteiger partial charge in [0.2, 0.25) is 0 Å². The fourth-order valence-electron chi connectivity index (χ4n) is 7.25. The van der Waals surface area contributed by atoms with Gasteiger partial charge < -0.3 is 41.5 Å². The number of aromatic amines is 2. The van der Waals surface area contributed by atoms with Gasteiger partial charge in [-0.25, -0.2) is 19.6 Å². The molecule has 1 aliphatic heterocycles. The lowest BCUT2D eigenvalue weighted by Gasteiger charge is -2.26. The number of benzene rings is 1. The van der Waals surface area contributed by atoms with E-state index in [2.05, 4.69) is 78.7 Å². The minimum atomic E-state index is -0.427. The molecular weight excluding hydrogens is 658 g/mol. The molecule has 1 aliphatic carbocycles. The predicted molar refractivity (Wildman–Crippen MR) is 206 cm³/mol. The molecule has 3 heterocycles. The van der Waals surface area contributed by atoms with Crippen molar-refractivity contribution in [1.82, 2.24) is 30.6 Å². The van der Waals surface area contributed by atoms with Crippen molar-refractivity contribution in [3.63, 3.8) is 0 Å². The highest BCUT2D eigenvalue weighted by Crippen LogP contribution is 2.38. The maximum atomic E-state index is 12.1. The highest BCUT2D eigenvalue weighted by atomic mass is 16.5. The Morgan fingerprint density at radius 3 is 2.02 bits per heavy atom. The summed E-state index contributed by atoms with van der Waals surface area (Å²) in [5.41, 5.74) is 18.8. The van der Waals surface area contributed by atoms with E-state index in [1.165, 1.54) is 19.8 Å². The monoisotopic (exact) mass is 715 g/mol. The van der Waals surface area contributed by atoms with Crippen LogP contribution in [-0.2, 0) is 9.47 Å². The molecule has 5 atom stereocenters. The van der Waals surface area contributed by atoms with Crippen molar-refractivity contribution in [2.75, 3.05) is 33.9 Å². The highest BCUT2D eigenvalue weighted by Gasteiger charge is 2.31. The molecule has 0 bridgehead atoms. The van der Waals surface area contributed by atoms with Crippen LogP contribution in [0.25, 0.3) is 17.1 Å². The van der Waals surface area contributed by atoms with Gasteiger partial charge in [-0.2, -0.15) is 0 Å². The number of rotatable bonds is 17. The molecule has 5 rings (SSSR count). The summed E-state index contributed by atoms with van der Waals surface area (Å²) in [4.78, 5) is 46.5. The molecule has 282 valence electrons. The smallest absolute Gasteiger partial charge is 0.407 e. The molecule has 0 saturated heterocycles. The zero-order valence-electron chi connectivity index (χ0n) is 31.5.